The Morgan fingerprint density at radius 2 is 0.879 bits per heavy atom. The smallest absolute Gasteiger partial charge is 0.347 e. The first kappa shape index (κ1) is 21.1. The maximum atomic E-state index is 13.5. The highest BCUT2D eigenvalue weighted by atomic mass is 35.5. The van der Waals surface area contributed by atoms with Crippen molar-refractivity contribution in [2.75, 3.05) is 0 Å². The number of halogens is 1. The number of hydrogen-bond acceptors (Lipinski definition) is 3. The lowest BCUT2D eigenvalue weighted by atomic mass is 9.94. The number of carbonyl (C=O) groups is 2. The second-order valence-electron chi connectivity index (χ2n) is 7.73. The molecule has 33 heavy (non-hydrogen) atoms. The van der Waals surface area contributed by atoms with Crippen molar-refractivity contribution in [3.63, 3.8) is 0 Å². The lowest BCUT2D eigenvalue weighted by Crippen LogP contribution is -2.69. The molecule has 0 unspecified atom stereocenters. The molecule has 5 heteroatoms. The van der Waals surface area contributed by atoms with Gasteiger partial charge >= 0.3 is 8.32 Å². The van der Waals surface area contributed by atoms with E-state index in [-0.39, 0.29) is 16.6 Å². The average molecular weight is 467 g/mol. The number of carbonyl (C=O) groups excluding carboxylic acids is 2. The van der Waals surface area contributed by atoms with E-state index in [4.69, 9.17) is 16.0 Å². The van der Waals surface area contributed by atoms with E-state index in [1.165, 1.54) is 0 Å². The number of hydrogen-bond donors (Lipinski definition) is 0. The molecule has 0 amide bonds. The van der Waals surface area contributed by atoms with Gasteiger partial charge in [0.25, 0.3) is 0 Å². The molecule has 5 rings (SSSR count). The van der Waals surface area contributed by atoms with E-state index in [9.17, 15) is 9.59 Å². The highest BCUT2D eigenvalue weighted by Crippen LogP contribution is 2.31. The molecule has 0 atom stereocenters. The highest BCUT2D eigenvalue weighted by molar-refractivity contribution is 7.07. The molecule has 160 valence electrons. The average Bonchev–Trinajstić information content (AvgIpc) is 2.89. The Kier molecular flexibility index (Phi) is 5.54. The molecule has 0 saturated carbocycles. The minimum absolute atomic E-state index is 0.0939. The van der Waals surface area contributed by atoms with Gasteiger partial charge in [-0.2, -0.15) is 0 Å². The van der Waals surface area contributed by atoms with Crippen LogP contribution in [0.1, 0.15) is 20.7 Å². The van der Waals surface area contributed by atoms with Gasteiger partial charge in [-0.15, -0.1) is 0 Å². The van der Waals surface area contributed by atoms with Crippen LogP contribution in [0.5, 0.6) is 0 Å². The summed E-state index contributed by atoms with van der Waals surface area (Å²) in [4.78, 5) is 26.6. The van der Waals surface area contributed by atoms with Gasteiger partial charge in [0.1, 0.15) is 5.03 Å². The Morgan fingerprint density at radius 1 is 0.515 bits per heavy atom. The van der Waals surface area contributed by atoms with Gasteiger partial charge < -0.3 is 4.43 Å². The molecule has 0 radical (unpaired) electrons. The van der Waals surface area contributed by atoms with Crippen LogP contribution in [0.2, 0.25) is 0 Å². The summed E-state index contributed by atoms with van der Waals surface area (Å²) in [5, 5.41) is 2.65. The van der Waals surface area contributed by atoms with Crippen LogP contribution in [-0.2, 0) is 4.43 Å². The number of benzene rings is 4. The fourth-order valence-corrected chi connectivity index (χ4v) is 8.39. The Morgan fingerprint density at radius 3 is 1.30 bits per heavy atom. The molecule has 0 heterocycles. The Balaban J connectivity index is 1.79. The third-order valence-corrected chi connectivity index (χ3v) is 10.1. The van der Waals surface area contributed by atoms with Gasteiger partial charge in [-0.3, -0.25) is 9.59 Å². The van der Waals surface area contributed by atoms with Crippen LogP contribution in [0.25, 0.3) is 0 Å². The number of fused-ring (bicyclic) bond motifs is 1. The van der Waals surface area contributed by atoms with Crippen molar-refractivity contribution in [1.29, 1.82) is 0 Å². The van der Waals surface area contributed by atoms with Crippen LogP contribution in [0.4, 0.5) is 0 Å². The van der Waals surface area contributed by atoms with Gasteiger partial charge in [0.15, 0.2) is 5.76 Å². The summed E-state index contributed by atoms with van der Waals surface area (Å²) in [7, 11) is -3.26. The topological polar surface area (TPSA) is 43.4 Å². The summed E-state index contributed by atoms with van der Waals surface area (Å²) >= 11 is 6.53. The Hall–Kier alpha value is -3.73. The third kappa shape index (κ3) is 3.54. The quantitative estimate of drug-likeness (QED) is 0.327. The third-order valence-electron chi connectivity index (χ3n) is 5.82. The summed E-state index contributed by atoms with van der Waals surface area (Å²) in [5.74, 6) is -0.877. The maximum absolute atomic E-state index is 13.5. The Labute approximate surface area is 198 Å². The van der Waals surface area contributed by atoms with E-state index in [1.54, 1.807) is 24.3 Å². The van der Waals surface area contributed by atoms with E-state index < -0.39 is 14.1 Å². The molecule has 1 aliphatic rings. The predicted molar refractivity (Wildman–Crippen MR) is 133 cm³/mol. The molecule has 0 bridgehead atoms. The fourth-order valence-electron chi connectivity index (χ4n) is 4.26. The van der Waals surface area contributed by atoms with E-state index in [2.05, 4.69) is 0 Å². The molecule has 4 aromatic rings. The molecule has 0 aliphatic heterocycles. The first-order chi connectivity index (χ1) is 16.1. The minimum Gasteiger partial charge on any atom is -0.527 e. The normalized spacial score (nSPS) is 13.6. The molecular formula is C28H19ClO3Si. The van der Waals surface area contributed by atoms with Crippen LogP contribution in [-0.4, -0.2) is 19.9 Å². The van der Waals surface area contributed by atoms with Crippen LogP contribution < -0.4 is 15.6 Å². The number of ketones is 2. The standard InChI is InChI=1S/C28H19ClO3Si/c29-25-26(30)23-18-10-11-19-24(23)27(31)28(25)32-33(20-12-4-1-5-13-20,21-14-6-2-7-15-21)22-16-8-3-9-17-22/h1-19H. The zero-order valence-corrected chi connectivity index (χ0v) is 19.3. The molecule has 0 fully saturated rings. The van der Waals surface area contributed by atoms with Crippen molar-refractivity contribution in [3.05, 3.63) is 137 Å². The number of Topliss-reactive ketones (excluding diaryl/α,β-unsaturated/α-hetero) is 2. The van der Waals surface area contributed by atoms with Crippen LogP contribution in [0.3, 0.4) is 0 Å². The summed E-state index contributed by atoms with van der Waals surface area (Å²) in [5.41, 5.74) is 0.602. The van der Waals surface area contributed by atoms with Gasteiger partial charge in [0.2, 0.25) is 11.6 Å². The van der Waals surface area contributed by atoms with Gasteiger partial charge in [-0.25, -0.2) is 0 Å². The van der Waals surface area contributed by atoms with Crippen molar-refractivity contribution in [2.45, 2.75) is 0 Å². The molecule has 0 spiro atoms. The molecule has 1 aliphatic carbocycles. The van der Waals surface area contributed by atoms with E-state index in [1.807, 2.05) is 91.0 Å². The molecule has 0 aromatic heterocycles. The first-order valence-electron chi connectivity index (χ1n) is 10.6. The Bertz CT molecular complexity index is 1270. The summed E-state index contributed by atoms with van der Waals surface area (Å²) in [6, 6.07) is 36.3. The van der Waals surface area contributed by atoms with Crippen molar-refractivity contribution in [2.24, 2.45) is 0 Å². The van der Waals surface area contributed by atoms with E-state index >= 15 is 0 Å². The van der Waals surface area contributed by atoms with Crippen molar-refractivity contribution >= 4 is 47.0 Å². The summed E-state index contributed by atoms with van der Waals surface area (Å²) in [6.45, 7) is 0. The zero-order chi connectivity index (χ0) is 22.8. The minimum atomic E-state index is -3.26. The fraction of sp³-hybridized carbons (Fsp3) is 0. The van der Waals surface area contributed by atoms with Crippen LogP contribution >= 0.6 is 11.6 Å². The first-order valence-corrected chi connectivity index (χ1v) is 12.9. The monoisotopic (exact) mass is 466 g/mol. The second kappa shape index (κ2) is 8.66. The maximum Gasteiger partial charge on any atom is 0.347 e. The molecule has 4 aromatic carbocycles. The lowest BCUT2D eigenvalue weighted by Gasteiger charge is -2.35. The zero-order valence-electron chi connectivity index (χ0n) is 17.6. The molecular weight excluding hydrogens is 448 g/mol. The van der Waals surface area contributed by atoms with Gasteiger partial charge in [0, 0.05) is 11.1 Å². The van der Waals surface area contributed by atoms with Crippen LogP contribution in [0.15, 0.2) is 126 Å². The van der Waals surface area contributed by atoms with Crippen molar-refractivity contribution < 1.29 is 14.0 Å². The van der Waals surface area contributed by atoms with E-state index in [0.29, 0.717) is 11.1 Å². The van der Waals surface area contributed by atoms with E-state index in [0.717, 1.165) is 15.6 Å². The van der Waals surface area contributed by atoms with Gasteiger partial charge in [-0.05, 0) is 15.6 Å². The van der Waals surface area contributed by atoms with Crippen molar-refractivity contribution in [1.82, 2.24) is 0 Å². The second-order valence-corrected chi connectivity index (χ2v) is 11.4. The lowest BCUT2D eigenvalue weighted by molar-refractivity contribution is 0.0942. The number of rotatable bonds is 5. The SMILES string of the molecule is O=C1C(Cl)=C(O[Si](c2ccccc2)(c2ccccc2)c2ccccc2)C(=O)c2ccccc21. The highest BCUT2D eigenvalue weighted by Gasteiger charge is 2.47. The number of allylic oxidation sites excluding steroid dienone is 2. The van der Waals surface area contributed by atoms with Gasteiger partial charge in [-0.1, -0.05) is 127 Å². The molecule has 0 saturated heterocycles. The predicted octanol–water partition coefficient (Wildman–Crippen LogP) is 4.20. The largest absolute Gasteiger partial charge is 0.527 e. The molecule has 3 nitrogen and oxygen atoms in total. The molecule has 0 N–H and O–H groups in total. The van der Waals surface area contributed by atoms with Gasteiger partial charge in [0.05, 0.1) is 0 Å². The van der Waals surface area contributed by atoms with Crippen LogP contribution in [0, 0.1) is 0 Å². The summed E-state index contributed by atoms with van der Waals surface area (Å²) < 4.78 is 6.81. The summed E-state index contributed by atoms with van der Waals surface area (Å²) in [6.07, 6.45) is 0. The van der Waals surface area contributed by atoms with Crippen molar-refractivity contribution in [3.8, 4) is 0 Å².